The maximum Gasteiger partial charge on any atom is 0.282 e. The maximum atomic E-state index is 13.0. The van der Waals surface area contributed by atoms with Gasteiger partial charge in [-0.25, -0.2) is 0 Å². The number of benzene rings is 2. The minimum Gasteiger partial charge on any atom is -0.325 e. The average molecular weight is 445 g/mol. The normalized spacial score (nSPS) is 20.9. The van der Waals surface area contributed by atoms with E-state index in [0.29, 0.717) is 39.3 Å². The first-order valence-corrected chi connectivity index (χ1v) is 12.6. The van der Waals surface area contributed by atoms with Gasteiger partial charge >= 0.3 is 0 Å². The van der Waals surface area contributed by atoms with Crippen molar-refractivity contribution in [3.8, 4) is 0 Å². The van der Waals surface area contributed by atoms with Crippen LogP contribution < -0.4 is 5.32 Å². The van der Waals surface area contributed by atoms with Crippen LogP contribution in [0.25, 0.3) is 10.8 Å². The lowest BCUT2D eigenvalue weighted by atomic mass is 10.1. The van der Waals surface area contributed by atoms with Crippen LogP contribution in [0.15, 0.2) is 42.5 Å². The molecule has 2 aliphatic heterocycles. The predicted molar refractivity (Wildman–Crippen MR) is 124 cm³/mol. The highest BCUT2D eigenvalue weighted by Crippen LogP contribution is 2.21. The molecule has 1 unspecified atom stereocenters. The lowest BCUT2D eigenvalue weighted by Crippen LogP contribution is -2.56. The summed E-state index contributed by atoms with van der Waals surface area (Å²) < 4.78 is 29.2. The fourth-order valence-electron chi connectivity index (χ4n) is 4.44. The standard InChI is InChI=1S/C23H32N4O3S/c1-19(23(28)24-22-11-10-20-8-4-5-9-21(20)18-22)25-14-16-27(17-15-25)31(29,30)26-12-6-2-3-7-13-26/h4-5,8-11,18-19H,2-3,6-7,12-17H2,1H3,(H,24,28). The molecule has 4 rings (SSSR count). The summed E-state index contributed by atoms with van der Waals surface area (Å²) in [5.74, 6) is -0.0703. The number of fused-ring (bicyclic) bond motifs is 1. The molecule has 0 bridgehead atoms. The Balaban J connectivity index is 1.33. The van der Waals surface area contributed by atoms with Gasteiger partial charge in [-0.2, -0.15) is 17.0 Å². The number of rotatable bonds is 5. The van der Waals surface area contributed by atoms with Crippen molar-refractivity contribution in [1.82, 2.24) is 13.5 Å². The predicted octanol–water partition coefficient (Wildman–Crippen LogP) is 2.91. The Morgan fingerprint density at radius 1 is 0.839 bits per heavy atom. The summed E-state index contributed by atoms with van der Waals surface area (Å²) in [7, 11) is -3.41. The lowest BCUT2D eigenvalue weighted by Gasteiger charge is -2.38. The van der Waals surface area contributed by atoms with E-state index in [0.717, 1.165) is 42.1 Å². The van der Waals surface area contributed by atoms with Crippen LogP contribution in [0.5, 0.6) is 0 Å². The van der Waals surface area contributed by atoms with Crippen molar-refractivity contribution in [2.24, 2.45) is 0 Å². The molecule has 2 saturated heterocycles. The first kappa shape index (κ1) is 22.2. The molecule has 1 atom stereocenters. The first-order valence-electron chi connectivity index (χ1n) is 11.2. The smallest absolute Gasteiger partial charge is 0.282 e. The van der Waals surface area contributed by atoms with Gasteiger partial charge in [0.1, 0.15) is 0 Å². The van der Waals surface area contributed by atoms with E-state index >= 15 is 0 Å². The highest BCUT2D eigenvalue weighted by Gasteiger charge is 2.34. The minimum atomic E-state index is -3.41. The second kappa shape index (κ2) is 9.65. The van der Waals surface area contributed by atoms with Crippen molar-refractivity contribution in [2.45, 2.75) is 38.6 Å². The van der Waals surface area contributed by atoms with Crippen LogP contribution in [-0.2, 0) is 15.0 Å². The molecule has 2 aliphatic rings. The molecule has 7 nitrogen and oxygen atoms in total. The number of carbonyl (C=O) groups is 1. The van der Waals surface area contributed by atoms with Crippen molar-refractivity contribution in [3.63, 3.8) is 0 Å². The van der Waals surface area contributed by atoms with Gasteiger partial charge in [0.05, 0.1) is 6.04 Å². The molecular weight excluding hydrogens is 412 g/mol. The summed E-state index contributed by atoms with van der Waals surface area (Å²) >= 11 is 0. The van der Waals surface area contributed by atoms with Crippen LogP contribution in [0.4, 0.5) is 5.69 Å². The Morgan fingerprint density at radius 3 is 2.13 bits per heavy atom. The molecule has 2 heterocycles. The first-order chi connectivity index (χ1) is 14.9. The van der Waals surface area contributed by atoms with Crippen molar-refractivity contribution < 1.29 is 13.2 Å². The Morgan fingerprint density at radius 2 is 1.45 bits per heavy atom. The summed E-state index contributed by atoms with van der Waals surface area (Å²) in [5, 5.41) is 5.23. The zero-order chi connectivity index (χ0) is 21.8. The van der Waals surface area contributed by atoms with Crippen LogP contribution in [0, 0.1) is 0 Å². The maximum absolute atomic E-state index is 13.0. The van der Waals surface area contributed by atoms with E-state index in [1.165, 1.54) is 0 Å². The van der Waals surface area contributed by atoms with Crippen LogP contribution in [0.2, 0.25) is 0 Å². The van der Waals surface area contributed by atoms with E-state index in [1.807, 2.05) is 49.4 Å². The van der Waals surface area contributed by atoms with Gasteiger partial charge in [0, 0.05) is 45.0 Å². The van der Waals surface area contributed by atoms with Gasteiger partial charge in [0.2, 0.25) is 5.91 Å². The number of nitrogens with one attached hydrogen (secondary N) is 1. The highest BCUT2D eigenvalue weighted by atomic mass is 32.2. The average Bonchev–Trinajstić information content (AvgIpc) is 3.09. The van der Waals surface area contributed by atoms with Crippen LogP contribution in [0.3, 0.4) is 0 Å². The molecule has 2 aromatic rings. The minimum absolute atomic E-state index is 0.0703. The van der Waals surface area contributed by atoms with Crippen LogP contribution >= 0.6 is 0 Å². The Bertz CT molecular complexity index is 1010. The van der Waals surface area contributed by atoms with E-state index in [-0.39, 0.29) is 11.9 Å². The number of anilines is 1. The molecule has 0 radical (unpaired) electrons. The molecule has 0 aromatic heterocycles. The zero-order valence-electron chi connectivity index (χ0n) is 18.2. The van der Waals surface area contributed by atoms with E-state index in [4.69, 9.17) is 0 Å². The molecule has 8 heteroatoms. The van der Waals surface area contributed by atoms with Gasteiger partial charge in [0.25, 0.3) is 10.2 Å². The Kier molecular flexibility index (Phi) is 6.91. The number of hydrogen-bond donors (Lipinski definition) is 1. The fourth-order valence-corrected chi connectivity index (χ4v) is 6.11. The lowest BCUT2D eigenvalue weighted by molar-refractivity contribution is -0.121. The molecule has 168 valence electrons. The highest BCUT2D eigenvalue weighted by molar-refractivity contribution is 7.86. The Labute approximate surface area is 185 Å². The van der Waals surface area contributed by atoms with Crippen molar-refractivity contribution >= 4 is 32.6 Å². The number of amides is 1. The fraction of sp³-hybridized carbons (Fsp3) is 0.522. The molecule has 0 saturated carbocycles. The topological polar surface area (TPSA) is 73.0 Å². The van der Waals surface area contributed by atoms with Gasteiger partial charge < -0.3 is 5.32 Å². The Hall–Kier alpha value is -2.00. The van der Waals surface area contributed by atoms with Crippen molar-refractivity contribution in [1.29, 1.82) is 0 Å². The van der Waals surface area contributed by atoms with Gasteiger partial charge in [-0.05, 0) is 42.7 Å². The monoisotopic (exact) mass is 444 g/mol. The second-order valence-electron chi connectivity index (χ2n) is 8.48. The number of carbonyl (C=O) groups excluding carboxylic acids is 1. The molecule has 1 N–H and O–H groups in total. The van der Waals surface area contributed by atoms with E-state index in [2.05, 4.69) is 10.2 Å². The van der Waals surface area contributed by atoms with E-state index in [9.17, 15) is 13.2 Å². The van der Waals surface area contributed by atoms with Gasteiger partial charge in [-0.15, -0.1) is 0 Å². The van der Waals surface area contributed by atoms with Gasteiger partial charge in [-0.3, -0.25) is 9.69 Å². The quantitative estimate of drug-likeness (QED) is 0.770. The number of piperazine rings is 1. The largest absolute Gasteiger partial charge is 0.325 e. The summed E-state index contributed by atoms with van der Waals surface area (Å²) in [4.78, 5) is 14.9. The summed E-state index contributed by atoms with van der Waals surface area (Å²) in [6.07, 6.45) is 4.07. The third-order valence-electron chi connectivity index (χ3n) is 6.44. The zero-order valence-corrected chi connectivity index (χ0v) is 19.0. The van der Waals surface area contributed by atoms with Gasteiger partial charge in [-0.1, -0.05) is 43.2 Å². The molecule has 1 amide bonds. The molecular formula is C23H32N4O3S. The number of hydrogen-bond acceptors (Lipinski definition) is 4. The summed E-state index contributed by atoms with van der Waals surface area (Å²) in [6.45, 7) is 5.08. The molecule has 2 fully saturated rings. The molecule has 31 heavy (non-hydrogen) atoms. The van der Waals surface area contributed by atoms with Crippen molar-refractivity contribution in [2.75, 3.05) is 44.6 Å². The summed E-state index contributed by atoms with van der Waals surface area (Å²) in [6, 6.07) is 13.6. The van der Waals surface area contributed by atoms with Crippen LogP contribution in [-0.4, -0.2) is 73.1 Å². The number of nitrogens with zero attached hydrogens (tertiary/aromatic N) is 3. The molecule has 0 spiro atoms. The third kappa shape index (κ3) is 5.09. The van der Waals surface area contributed by atoms with Gasteiger partial charge in [0.15, 0.2) is 0 Å². The molecule has 2 aromatic carbocycles. The van der Waals surface area contributed by atoms with Crippen LogP contribution in [0.1, 0.15) is 32.6 Å². The van der Waals surface area contributed by atoms with E-state index < -0.39 is 10.2 Å². The SMILES string of the molecule is CC(C(=O)Nc1ccc2ccccc2c1)N1CCN(S(=O)(=O)N2CCCCCC2)CC1. The second-order valence-corrected chi connectivity index (χ2v) is 10.4. The third-order valence-corrected chi connectivity index (χ3v) is 8.47. The summed E-state index contributed by atoms with van der Waals surface area (Å²) in [5.41, 5.74) is 0.776. The van der Waals surface area contributed by atoms with E-state index in [1.54, 1.807) is 8.61 Å². The molecule has 0 aliphatic carbocycles. The van der Waals surface area contributed by atoms with Crippen molar-refractivity contribution in [3.05, 3.63) is 42.5 Å².